The van der Waals surface area contributed by atoms with Crippen LogP contribution in [0.3, 0.4) is 0 Å². The second-order valence-electron chi connectivity index (χ2n) is 2.09. The lowest BCUT2D eigenvalue weighted by atomic mass is 10.0. The summed E-state index contributed by atoms with van der Waals surface area (Å²) in [4.78, 5) is 0. The molecule has 1 unspecified atom stereocenters. The molecule has 0 bridgehead atoms. The van der Waals surface area contributed by atoms with Crippen molar-refractivity contribution in [2.45, 2.75) is 25.2 Å². The molecule has 2 N–H and O–H groups in total. The van der Waals surface area contributed by atoms with Gasteiger partial charge in [-0.15, -0.1) is 0 Å². The van der Waals surface area contributed by atoms with Crippen LogP contribution in [0.15, 0.2) is 0 Å². The van der Waals surface area contributed by atoms with Crippen LogP contribution in [0.25, 0.3) is 0 Å². The third-order valence-electron chi connectivity index (χ3n) is 1.38. The summed E-state index contributed by atoms with van der Waals surface area (Å²) in [6, 6.07) is 0. The second kappa shape index (κ2) is 1.69. The van der Waals surface area contributed by atoms with E-state index in [0.717, 1.165) is 0 Å². The van der Waals surface area contributed by atoms with Gasteiger partial charge in [-0.3, -0.25) is 0 Å². The van der Waals surface area contributed by atoms with Crippen LogP contribution in [0.1, 0.15) is 13.3 Å². The van der Waals surface area contributed by atoms with Gasteiger partial charge in [-0.25, -0.2) is 0 Å². The quantitative estimate of drug-likeness (QED) is 0.455. The summed E-state index contributed by atoms with van der Waals surface area (Å²) >= 11 is 0. The van der Waals surface area contributed by atoms with Crippen molar-refractivity contribution in [2.24, 2.45) is 0 Å². The standard InChI is InChI=1S/C5H10O3/c1-2-4-5(6,7)3-8-4/h4,6-7H,2-3H2,1H3. The van der Waals surface area contributed by atoms with Gasteiger partial charge in [-0.2, -0.15) is 0 Å². The Labute approximate surface area is 47.9 Å². The Morgan fingerprint density at radius 3 is 2.38 bits per heavy atom. The monoisotopic (exact) mass is 118 g/mol. The molecule has 3 heteroatoms. The molecule has 0 spiro atoms. The minimum atomic E-state index is -1.53. The molecule has 1 heterocycles. The molecule has 3 nitrogen and oxygen atoms in total. The van der Waals surface area contributed by atoms with Crippen LogP contribution in [-0.2, 0) is 4.74 Å². The minimum Gasteiger partial charge on any atom is -0.367 e. The number of hydrogen-bond donors (Lipinski definition) is 2. The number of hydrogen-bond acceptors (Lipinski definition) is 3. The first-order valence-electron chi connectivity index (χ1n) is 2.73. The topological polar surface area (TPSA) is 49.7 Å². The predicted octanol–water partition coefficient (Wildman–Crippen LogP) is -0.524. The Morgan fingerprint density at radius 1 is 1.75 bits per heavy atom. The zero-order valence-corrected chi connectivity index (χ0v) is 4.79. The third kappa shape index (κ3) is 0.727. The Balaban J connectivity index is 2.37. The summed E-state index contributed by atoms with van der Waals surface area (Å²) < 4.78 is 4.80. The van der Waals surface area contributed by atoms with Crippen LogP contribution in [0.2, 0.25) is 0 Å². The fraction of sp³-hybridized carbons (Fsp3) is 1.00. The lowest BCUT2D eigenvalue weighted by molar-refractivity contribution is -0.342. The molecular weight excluding hydrogens is 108 g/mol. The van der Waals surface area contributed by atoms with Gasteiger partial charge < -0.3 is 14.9 Å². The fourth-order valence-corrected chi connectivity index (χ4v) is 0.795. The molecule has 1 aliphatic heterocycles. The first-order chi connectivity index (χ1) is 3.67. The third-order valence-corrected chi connectivity index (χ3v) is 1.38. The van der Waals surface area contributed by atoms with Crippen molar-refractivity contribution >= 4 is 0 Å². The summed E-state index contributed by atoms with van der Waals surface area (Å²) in [6.45, 7) is 1.91. The molecule has 0 aliphatic carbocycles. The van der Waals surface area contributed by atoms with E-state index < -0.39 is 5.79 Å². The molecule has 0 aromatic heterocycles. The highest BCUT2D eigenvalue weighted by Crippen LogP contribution is 2.24. The molecule has 1 rings (SSSR count). The maximum absolute atomic E-state index is 8.80. The highest BCUT2D eigenvalue weighted by molar-refractivity contribution is 4.83. The summed E-state index contributed by atoms with van der Waals surface area (Å²) in [5, 5.41) is 17.6. The minimum absolute atomic E-state index is 0.0610. The first-order valence-corrected chi connectivity index (χ1v) is 2.73. The van der Waals surface area contributed by atoms with Gasteiger partial charge >= 0.3 is 0 Å². The highest BCUT2D eigenvalue weighted by Gasteiger charge is 2.43. The van der Waals surface area contributed by atoms with Crippen molar-refractivity contribution in [2.75, 3.05) is 6.61 Å². The largest absolute Gasteiger partial charge is 0.367 e. The van der Waals surface area contributed by atoms with E-state index in [-0.39, 0.29) is 12.7 Å². The van der Waals surface area contributed by atoms with E-state index in [1.807, 2.05) is 6.92 Å². The summed E-state index contributed by atoms with van der Waals surface area (Å²) in [6.07, 6.45) is 0.301. The van der Waals surface area contributed by atoms with Crippen molar-refractivity contribution < 1.29 is 14.9 Å². The molecule has 0 saturated carbocycles. The van der Waals surface area contributed by atoms with Crippen LogP contribution < -0.4 is 0 Å². The molecular formula is C5H10O3. The zero-order valence-electron chi connectivity index (χ0n) is 4.79. The molecule has 1 atom stereocenters. The Morgan fingerprint density at radius 2 is 2.38 bits per heavy atom. The molecule has 48 valence electrons. The number of ether oxygens (including phenoxy) is 1. The maximum Gasteiger partial charge on any atom is 0.214 e. The van der Waals surface area contributed by atoms with Gasteiger partial charge in [0, 0.05) is 0 Å². The molecule has 1 fully saturated rings. The average molecular weight is 118 g/mol. The lowest BCUT2D eigenvalue weighted by Crippen LogP contribution is -2.57. The Hall–Kier alpha value is -0.120. The first kappa shape index (κ1) is 6.01. The van der Waals surface area contributed by atoms with Crippen LogP contribution in [0.5, 0.6) is 0 Å². The van der Waals surface area contributed by atoms with Gasteiger partial charge in [-0.1, -0.05) is 6.92 Å². The van der Waals surface area contributed by atoms with E-state index >= 15 is 0 Å². The Kier molecular flexibility index (Phi) is 1.27. The smallest absolute Gasteiger partial charge is 0.214 e. The van der Waals surface area contributed by atoms with Crippen LogP contribution in [-0.4, -0.2) is 28.7 Å². The van der Waals surface area contributed by atoms with Crippen molar-refractivity contribution in [3.05, 3.63) is 0 Å². The maximum atomic E-state index is 8.80. The molecule has 8 heavy (non-hydrogen) atoms. The number of rotatable bonds is 1. The van der Waals surface area contributed by atoms with Crippen molar-refractivity contribution in [3.8, 4) is 0 Å². The molecule has 0 aromatic carbocycles. The van der Waals surface area contributed by atoms with E-state index in [1.165, 1.54) is 0 Å². The van der Waals surface area contributed by atoms with E-state index in [2.05, 4.69) is 0 Å². The lowest BCUT2D eigenvalue weighted by Gasteiger charge is -2.39. The van der Waals surface area contributed by atoms with E-state index in [1.54, 1.807) is 0 Å². The average Bonchev–Trinajstić information content (AvgIpc) is 1.66. The molecule has 0 amide bonds. The van der Waals surface area contributed by atoms with Crippen LogP contribution in [0, 0.1) is 0 Å². The molecule has 1 aliphatic rings. The van der Waals surface area contributed by atoms with Gasteiger partial charge in [0.25, 0.3) is 0 Å². The van der Waals surface area contributed by atoms with Gasteiger partial charge in [-0.05, 0) is 6.42 Å². The van der Waals surface area contributed by atoms with Crippen molar-refractivity contribution in [1.29, 1.82) is 0 Å². The molecule has 1 saturated heterocycles. The number of aliphatic hydroxyl groups is 2. The second-order valence-corrected chi connectivity index (χ2v) is 2.09. The summed E-state index contributed by atoms with van der Waals surface area (Å²) in [5.74, 6) is -1.53. The normalized spacial score (nSPS) is 34.1. The van der Waals surface area contributed by atoms with Gasteiger partial charge in [0.15, 0.2) is 0 Å². The van der Waals surface area contributed by atoms with Gasteiger partial charge in [0.1, 0.15) is 12.7 Å². The van der Waals surface area contributed by atoms with E-state index in [0.29, 0.717) is 6.42 Å². The van der Waals surface area contributed by atoms with Crippen LogP contribution >= 0.6 is 0 Å². The summed E-state index contributed by atoms with van der Waals surface area (Å²) in [7, 11) is 0. The van der Waals surface area contributed by atoms with Crippen molar-refractivity contribution in [3.63, 3.8) is 0 Å². The molecule has 0 radical (unpaired) electrons. The van der Waals surface area contributed by atoms with Crippen LogP contribution in [0.4, 0.5) is 0 Å². The van der Waals surface area contributed by atoms with Crippen molar-refractivity contribution in [1.82, 2.24) is 0 Å². The predicted molar refractivity (Wildman–Crippen MR) is 27.2 cm³/mol. The van der Waals surface area contributed by atoms with E-state index in [4.69, 9.17) is 14.9 Å². The van der Waals surface area contributed by atoms with Gasteiger partial charge in [0.2, 0.25) is 5.79 Å². The fourth-order valence-electron chi connectivity index (χ4n) is 0.795. The molecule has 0 aromatic rings. The summed E-state index contributed by atoms with van der Waals surface area (Å²) in [5.41, 5.74) is 0. The van der Waals surface area contributed by atoms with Gasteiger partial charge in [0.05, 0.1) is 0 Å². The Bertz CT molecular complexity index is 87.7. The van der Waals surface area contributed by atoms with E-state index in [9.17, 15) is 0 Å². The highest BCUT2D eigenvalue weighted by atomic mass is 16.6. The SMILES string of the molecule is CCC1OCC1(O)O. The zero-order chi connectivity index (χ0) is 6.20.